The van der Waals surface area contributed by atoms with Gasteiger partial charge in [-0.05, 0) is 42.5 Å². The van der Waals surface area contributed by atoms with Gasteiger partial charge in [-0.15, -0.1) is 0 Å². The maximum atomic E-state index is 5.39. The van der Waals surface area contributed by atoms with Gasteiger partial charge in [0.05, 0.1) is 11.2 Å². The maximum absolute atomic E-state index is 5.39. The Morgan fingerprint density at radius 3 is 2.69 bits per heavy atom. The molecule has 6 nitrogen and oxygen atoms in total. The summed E-state index contributed by atoms with van der Waals surface area (Å²) in [6.45, 7) is 0. The third kappa shape index (κ3) is 2.53. The van der Waals surface area contributed by atoms with Gasteiger partial charge in [0, 0.05) is 41.3 Å². The van der Waals surface area contributed by atoms with E-state index < -0.39 is 0 Å². The van der Waals surface area contributed by atoms with E-state index in [0.717, 1.165) is 44.8 Å². The van der Waals surface area contributed by atoms with Gasteiger partial charge >= 0.3 is 0 Å². The van der Waals surface area contributed by atoms with E-state index in [4.69, 9.17) is 9.40 Å². The standard InChI is InChI=1S/C20H13N5O/c1-2-15-18(22-7-1)11-17(13-5-8-21-9-6-13)25-20(15)24-14-3-4-16-19(10-14)26-12-23-16/h1-12H,(H,24,25). The Hall–Kier alpha value is -3.80. The Morgan fingerprint density at radius 1 is 0.846 bits per heavy atom. The molecule has 0 aliphatic rings. The van der Waals surface area contributed by atoms with Crippen LogP contribution in [0.1, 0.15) is 0 Å². The van der Waals surface area contributed by atoms with E-state index in [2.05, 4.69) is 20.3 Å². The molecule has 5 rings (SSSR count). The van der Waals surface area contributed by atoms with Crippen LogP contribution in [0, 0.1) is 0 Å². The van der Waals surface area contributed by atoms with E-state index in [9.17, 15) is 0 Å². The molecular weight excluding hydrogens is 326 g/mol. The Bertz CT molecular complexity index is 1220. The molecule has 0 bridgehead atoms. The van der Waals surface area contributed by atoms with Gasteiger partial charge in [-0.25, -0.2) is 9.97 Å². The van der Waals surface area contributed by atoms with E-state index in [0.29, 0.717) is 0 Å². The van der Waals surface area contributed by atoms with Crippen molar-refractivity contribution in [3.05, 3.63) is 73.5 Å². The van der Waals surface area contributed by atoms with Gasteiger partial charge in [-0.1, -0.05) is 0 Å². The van der Waals surface area contributed by atoms with Crippen molar-refractivity contribution in [2.75, 3.05) is 5.32 Å². The van der Waals surface area contributed by atoms with Crippen LogP contribution in [0.4, 0.5) is 11.5 Å². The Morgan fingerprint density at radius 2 is 1.77 bits per heavy atom. The number of rotatable bonds is 3. The van der Waals surface area contributed by atoms with Crippen LogP contribution in [-0.2, 0) is 0 Å². The highest BCUT2D eigenvalue weighted by Crippen LogP contribution is 2.29. The molecule has 0 saturated heterocycles. The molecular formula is C20H13N5O. The van der Waals surface area contributed by atoms with Crippen molar-refractivity contribution in [1.82, 2.24) is 19.9 Å². The molecule has 1 N–H and O–H groups in total. The van der Waals surface area contributed by atoms with Crippen LogP contribution in [-0.4, -0.2) is 19.9 Å². The number of pyridine rings is 3. The molecule has 0 amide bonds. The van der Waals surface area contributed by atoms with Crippen LogP contribution >= 0.6 is 0 Å². The highest BCUT2D eigenvalue weighted by atomic mass is 16.3. The van der Waals surface area contributed by atoms with Crippen molar-refractivity contribution >= 4 is 33.5 Å². The molecule has 0 radical (unpaired) electrons. The van der Waals surface area contributed by atoms with Crippen LogP contribution in [0.3, 0.4) is 0 Å². The second-order valence-corrected chi connectivity index (χ2v) is 5.82. The number of oxazole rings is 1. The molecule has 26 heavy (non-hydrogen) atoms. The first-order valence-corrected chi connectivity index (χ1v) is 8.13. The fourth-order valence-corrected chi connectivity index (χ4v) is 2.91. The summed E-state index contributed by atoms with van der Waals surface area (Å²) >= 11 is 0. The van der Waals surface area contributed by atoms with E-state index in [1.54, 1.807) is 18.6 Å². The van der Waals surface area contributed by atoms with Crippen LogP contribution in [0.25, 0.3) is 33.3 Å². The van der Waals surface area contributed by atoms with Gasteiger partial charge in [0.15, 0.2) is 12.0 Å². The van der Waals surface area contributed by atoms with Gasteiger partial charge in [0.2, 0.25) is 0 Å². The van der Waals surface area contributed by atoms with E-state index >= 15 is 0 Å². The van der Waals surface area contributed by atoms with Crippen molar-refractivity contribution in [1.29, 1.82) is 0 Å². The lowest BCUT2D eigenvalue weighted by Crippen LogP contribution is -1.97. The smallest absolute Gasteiger partial charge is 0.181 e. The average Bonchev–Trinajstić information content (AvgIpc) is 3.16. The fraction of sp³-hybridized carbons (Fsp3) is 0. The van der Waals surface area contributed by atoms with Gasteiger partial charge in [0.25, 0.3) is 0 Å². The lowest BCUT2D eigenvalue weighted by atomic mass is 10.1. The minimum atomic E-state index is 0.725. The summed E-state index contributed by atoms with van der Waals surface area (Å²) in [5, 5.41) is 4.33. The highest BCUT2D eigenvalue weighted by molar-refractivity contribution is 5.94. The zero-order chi connectivity index (χ0) is 17.3. The monoisotopic (exact) mass is 339 g/mol. The van der Waals surface area contributed by atoms with Gasteiger partial charge in [-0.2, -0.15) is 0 Å². The summed E-state index contributed by atoms with van der Waals surface area (Å²) in [5.74, 6) is 0.737. The summed E-state index contributed by atoms with van der Waals surface area (Å²) in [7, 11) is 0. The minimum absolute atomic E-state index is 0.725. The molecule has 5 aromatic rings. The largest absolute Gasteiger partial charge is 0.443 e. The van der Waals surface area contributed by atoms with E-state index in [1.807, 2.05) is 48.5 Å². The fourth-order valence-electron chi connectivity index (χ4n) is 2.91. The molecule has 0 unspecified atom stereocenters. The molecule has 124 valence electrons. The Kier molecular flexibility index (Phi) is 3.31. The SMILES string of the molecule is c1cnc2cc(-c3ccncc3)nc(Nc3ccc4ncoc4c3)c2c1. The second kappa shape index (κ2) is 5.93. The summed E-state index contributed by atoms with van der Waals surface area (Å²) in [6.07, 6.45) is 6.73. The molecule has 0 spiro atoms. The predicted octanol–water partition coefficient (Wildman–Crippen LogP) is 4.58. The van der Waals surface area contributed by atoms with Crippen LogP contribution in [0.15, 0.2) is 77.9 Å². The quantitative estimate of drug-likeness (QED) is 0.518. The number of fused-ring (bicyclic) bond motifs is 2. The zero-order valence-corrected chi connectivity index (χ0v) is 13.6. The Balaban J connectivity index is 1.65. The average molecular weight is 339 g/mol. The van der Waals surface area contributed by atoms with Crippen LogP contribution in [0.2, 0.25) is 0 Å². The summed E-state index contributed by atoms with van der Waals surface area (Å²) in [4.78, 5) is 17.5. The maximum Gasteiger partial charge on any atom is 0.181 e. The lowest BCUT2D eigenvalue weighted by molar-refractivity contribution is 0.602. The van der Waals surface area contributed by atoms with Crippen molar-refractivity contribution < 1.29 is 4.42 Å². The molecule has 6 heteroatoms. The number of benzene rings is 1. The van der Waals surface area contributed by atoms with E-state index in [1.165, 1.54) is 6.39 Å². The van der Waals surface area contributed by atoms with Crippen molar-refractivity contribution in [3.8, 4) is 11.3 Å². The van der Waals surface area contributed by atoms with Gasteiger partial charge in [-0.3, -0.25) is 9.97 Å². The number of nitrogens with one attached hydrogen (secondary N) is 1. The second-order valence-electron chi connectivity index (χ2n) is 5.82. The summed E-state index contributed by atoms with van der Waals surface area (Å²) in [5.41, 5.74) is 5.11. The molecule has 0 aliphatic heterocycles. The van der Waals surface area contributed by atoms with Gasteiger partial charge < -0.3 is 9.73 Å². The number of hydrogen-bond donors (Lipinski definition) is 1. The van der Waals surface area contributed by atoms with E-state index in [-0.39, 0.29) is 0 Å². The minimum Gasteiger partial charge on any atom is -0.443 e. The topological polar surface area (TPSA) is 76.7 Å². The molecule has 4 aromatic heterocycles. The number of nitrogens with zero attached hydrogens (tertiary/aromatic N) is 4. The van der Waals surface area contributed by atoms with Gasteiger partial charge in [0.1, 0.15) is 11.3 Å². The highest BCUT2D eigenvalue weighted by Gasteiger charge is 2.10. The van der Waals surface area contributed by atoms with Crippen LogP contribution in [0.5, 0.6) is 0 Å². The van der Waals surface area contributed by atoms with Crippen molar-refractivity contribution in [2.45, 2.75) is 0 Å². The number of anilines is 2. The zero-order valence-electron chi connectivity index (χ0n) is 13.6. The molecule has 1 aromatic carbocycles. The lowest BCUT2D eigenvalue weighted by Gasteiger charge is -2.11. The first-order chi connectivity index (χ1) is 12.9. The first-order valence-electron chi connectivity index (χ1n) is 8.13. The molecule has 4 heterocycles. The molecule has 0 atom stereocenters. The van der Waals surface area contributed by atoms with Crippen molar-refractivity contribution in [2.24, 2.45) is 0 Å². The number of aromatic nitrogens is 4. The number of hydrogen-bond acceptors (Lipinski definition) is 6. The molecule has 0 saturated carbocycles. The predicted molar refractivity (Wildman–Crippen MR) is 100 cm³/mol. The third-order valence-corrected chi connectivity index (χ3v) is 4.17. The summed E-state index contributed by atoms with van der Waals surface area (Å²) < 4.78 is 5.39. The molecule has 0 aliphatic carbocycles. The normalized spacial score (nSPS) is 11.1. The molecule has 0 fully saturated rings. The summed E-state index contributed by atoms with van der Waals surface area (Å²) in [6, 6.07) is 15.5. The van der Waals surface area contributed by atoms with Crippen molar-refractivity contribution in [3.63, 3.8) is 0 Å². The third-order valence-electron chi connectivity index (χ3n) is 4.17. The Labute approximate surface area is 148 Å². The van der Waals surface area contributed by atoms with Crippen LogP contribution < -0.4 is 5.32 Å². The first kappa shape index (κ1) is 14.5.